The molecule has 2 aliphatic heterocycles. The van der Waals surface area contributed by atoms with Crippen molar-refractivity contribution >= 4 is 0 Å². The molecule has 0 saturated carbocycles. The Bertz CT molecular complexity index is 425. The maximum absolute atomic E-state index is 4.47. The summed E-state index contributed by atoms with van der Waals surface area (Å²) in [5.41, 5.74) is 2.59. The zero-order chi connectivity index (χ0) is 13.4. The number of hydrogen-bond donors (Lipinski definition) is 1. The minimum absolute atomic E-state index is 0.744. The Kier molecular flexibility index (Phi) is 3.63. The summed E-state index contributed by atoms with van der Waals surface area (Å²) < 4.78 is 1.94. The van der Waals surface area contributed by atoms with Gasteiger partial charge in [0.25, 0.3) is 0 Å². The monoisotopic (exact) mass is 262 g/mol. The maximum atomic E-state index is 4.47. The van der Waals surface area contributed by atoms with E-state index in [-0.39, 0.29) is 0 Å². The van der Waals surface area contributed by atoms with Gasteiger partial charge in [-0.25, -0.2) is 0 Å². The molecule has 0 spiro atoms. The summed E-state index contributed by atoms with van der Waals surface area (Å²) in [5.74, 6) is 0. The zero-order valence-corrected chi connectivity index (χ0v) is 12.4. The molecule has 3 heterocycles. The van der Waals surface area contributed by atoms with Crippen LogP contribution in [-0.2, 0) is 13.6 Å². The summed E-state index contributed by atoms with van der Waals surface area (Å²) in [7, 11) is 2.02. The van der Waals surface area contributed by atoms with Crippen molar-refractivity contribution in [2.45, 2.75) is 64.2 Å². The molecule has 4 heteroatoms. The largest absolute Gasteiger partial charge is 0.314 e. The molecule has 2 unspecified atom stereocenters. The first-order valence-electron chi connectivity index (χ1n) is 7.65. The van der Waals surface area contributed by atoms with E-state index >= 15 is 0 Å². The molecular weight excluding hydrogens is 236 g/mol. The molecule has 2 fully saturated rings. The molecule has 0 amide bonds. The molecule has 1 aromatic heterocycles. The summed E-state index contributed by atoms with van der Waals surface area (Å²) >= 11 is 0. The quantitative estimate of drug-likeness (QED) is 0.899. The molecule has 2 atom stereocenters. The molecular formula is C15H26N4. The lowest BCUT2D eigenvalue weighted by Crippen LogP contribution is -2.48. The van der Waals surface area contributed by atoms with E-state index in [0.717, 1.165) is 31.2 Å². The Morgan fingerprint density at radius 1 is 1.32 bits per heavy atom. The average Bonchev–Trinajstić information content (AvgIpc) is 2.79. The summed E-state index contributed by atoms with van der Waals surface area (Å²) in [6, 6.07) is 2.30. The normalized spacial score (nSPS) is 31.0. The topological polar surface area (TPSA) is 33.1 Å². The molecule has 2 saturated heterocycles. The lowest BCUT2D eigenvalue weighted by Gasteiger charge is -2.39. The first kappa shape index (κ1) is 13.1. The average molecular weight is 262 g/mol. The number of rotatable bonds is 4. The van der Waals surface area contributed by atoms with Crippen LogP contribution in [0.25, 0.3) is 0 Å². The van der Waals surface area contributed by atoms with Crippen LogP contribution in [0.15, 0.2) is 6.20 Å². The third kappa shape index (κ3) is 2.56. The summed E-state index contributed by atoms with van der Waals surface area (Å²) in [4.78, 5) is 2.73. The van der Waals surface area contributed by atoms with Crippen LogP contribution in [0.5, 0.6) is 0 Å². The Balaban J connectivity index is 1.68. The minimum Gasteiger partial charge on any atom is -0.314 e. The van der Waals surface area contributed by atoms with Crippen molar-refractivity contribution in [1.29, 1.82) is 0 Å². The van der Waals surface area contributed by atoms with Gasteiger partial charge in [-0.15, -0.1) is 0 Å². The van der Waals surface area contributed by atoms with E-state index in [9.17, 15) is 0 Å². The Hall–Kier alpha value is -0.870. The first-order valence-corrected chi connectivity index (χ1v) is 7.65. The summed E-state index contributed by atoms with van der Waals surface area (Å²) in [6.07, 6.45) is 7.59. The number of piperidine rings is 1. The highest BCUT2D eigenvalue weighted by Gasteiger charge is 2.40. The van der Waals surface area contributed by atoms with Gasteiger partial charge in [-0.2, -0.15) is 5.10 Å². The number of aromatic nitrogens is 2. The third-order valence-corrected chi connectivity index (χ3v) is 4.85. The number of fused-ring (bicyclic) bond motifs is 2. The Morgan fingerprint density at radius 2 is 2.00 bits per heavy atom. The molecule has 0 aliphatic carbocycles. The van der Waals surface area contributed by atoms with E-state index < -0.39 is 0 Å². The van der Waals surface area contributed by atoms with Crippen LogP contribution in [0.3, 0.4) is 0 Å². The van der Waals surface area contributed by atoms with Gasteiger partial charge in [0.15, 0.2) is 0 Å². The van der Waals surface area contributed by atoms with Crippen LogP contribution < -0.4 is 5.32 Å². The van der Waals surface area contributed by atoms with Crippen LogP contribution in [0.1, 0.15) is 43.9 Å². The molecule has 2 bridgehead atoms. The van der Waals surface area contributed by atoms with Crippen LogP contribution in [-0.4, -0.2) is 39.4 Å². The van der Waals surface area contributed by atoms with Crippen molar-refractivity contribution in [3.8, 4) is 0 Å². The molecule has 4 nitrogen and oxygen atoms in total. The smallest absolute Gasteiger partial charge is 0.0638 e. The standard InChI is InChI=1S/C15H26N4/c1-4-16-13-7-14-5-6-15(8-13)19(14)10-12-9-18(3)17-11(12)2/h9,13-16H,4-8,10H2,1-3H3. The van der Waals surface area contributed by atoms with E-state index in [0.29, 0.717) is 0 Å². The van der Waals surface area contributed by atoms with Crippen molar-refractivity contribution < 1.29 is 0 Å². The minimum atomic E-state index is 0.744. The van der Waals surface area contributed by atoms with Gasteiger partial charge in [0.05, 0.1) is 5.69 Å². The highest BCUT2D eigenvalue weighted by molar-refractivity contribution is 5.16. The van der Waals surface area contributed by atoms with Gasteiger partial charge < -0.3 is 5.32 Å². The molecule has 3 rings (SSSR count). The molecule has 1 aromatic rings. The van der Waals surface area contributed by atoms with Gasteiger partial charge in [-0.05, 0) is 39.2 Å². The second-order valence-electron chi connectivity index (χ2n) is 6.20. The molecule has 19 heavy (non-hydrogen) atoms. The van der Waals surface area contributed by atoms with E-state index in [1.807, 2.05) is 11.7 Å². The van der Waals surface area contributed by atoms with Crippen molar-refractivity contribution in [2.75, 3.05) is 6.54 Å². The number of aryl methyl sites for hydroxylation is 2. The van der Waals surface area contributed by atoms with Crippen LogP contribution in [0.2, 0.25) is 0 Å². The molecule has 106 valence electrons. The zero-order valence-electron chi connectivity index (χ0n) is 12.4. The predicted molar refractivity (Wildman–Crippen MR) is 77.0 cm³/mol. The Morgan fingerprint density at radius 3 is 2.53 bits per heavy atom. The van der Waals surface area contributed by atoms with E-state index in [4.69, 9.17) is 0 Å². The second-order valence-corrected chi connectivity index (χ2v) is 6.20. The lowest BCUT2D eigenvalue weighted by molar-refractivity contribution is 0.109. The van der Waals surface area contributed by atoms with Gasteiger partial charge in [0.2, 0.25) is 0 Å². The maximum Gasteiger partial charge on any atom is 0.0638 e. The van der Waals surface area contributed by atoms with Crippen LogP contribution in [0, 0.1) is 6.92 Å². The SMILES string of the molecule is CCNC1CC2CCC(C1)N2Cc1cn(C)nc1C. The fourth-order valence-corrected chi connectivity index (χ4v) is 3.99. The van der Waals surface area contributed by atoms with Gasteiger partial charge in [-0.1, -0.05) is 6.92 Å². The fraction of sp³-hybridized carbons (Fsp3) is 0.800. The highest BCUT2D eigenvalue weighted by Crippen LogP contribution is 2.37. The number of nitrogens with zero attached hydrogens (tertiary/aromatic N) is 3. The fourth-order valence-electron chi connectivity index (χ4n) is 3.99. The molecule has 0 aromatic carbocycles. The van der Waals surface area contributed by atoms with E-state index in [1.54, 1.807) is 0 Å². The second kappa shape index (κ2) is 5.25. The van der Waals surface area contributed by atoms with Crippen molar-refractivity contribution in [2.24, 2.45) is 7.05 Å². The van der Waals surface area contributed by atoms with Crippen molar-refractivity contribution in [3.05, 3.63) is 17.5 Å². The number of hydrogen-bond acceptors (Lipinski definition) is 3. The third-order valence-electron chi connectivity index (χ3n) is 4.85. The van der Waals surface area contributed by atoms with Crippen molar-refractivity contribution in [3.63, 3.8) is 0 Å². The van der Waals surface area contributed by atoms with E-state index in [1.165, 1.54) is 36.9 Å². The lowest BCUT2D eigenvalue weighted by atomic mass is 9.96. The van der Waals surface area contributed by atoms with Gasteiger partial charge in [0.1, 0.15) is 0 Å². The van der Waals surface area contributed by atoms with Gasteiger partial charge >= 0.3 is 0 Å². The number of nitrogens with one attached hydrogen (secondary N) is 1. The van der Waals surface area contributed by atoms with Crippen LogP contribution in [0.4, 0.5) is 0 Å². The molecule has 2 aliphatic rings. The van der Waals surface area contributed by atoms with Crippen LogP contribution >= 0.6 is 0 Å². The van der Waals surface area contributed by atoms with Gasteiger partial charge in [-0.3, -0.25) is 9.58 Å². The van der Waals surface area contributed by atoms with E-state index in [2.05, 4.69) is 35.4 Å². The molecule has 1 N–H and O–H groups in total. The van der Waals surface area contributed by atoms with Gasteiger partial charge in [0, 0.05) is 43.5 Å². The summed E-state index contributed by atoms with van der Waals surface area (Å²) in [5, 5.41) is 8.11. The highest BCUT2D eigenvalue weighted by atomic mass is 15.3. The summed E-state index contributed by atoms with van der Waals surface area (Å²) in [6.45, 7) is 6.54. The molecule has 0 radical (unpaired) electrons. The predicted octanol–water partition coefficient (Wildman–Crippen LogP) is 1.83. The first-order chi connectivity index (χ1) is 9.17. The Labute approximate surface area is 116 Å². The van der Waals surface area contributed by atoms with Crippen molar-refractivity contribution in [1.82, 2.24) is 20.0 Å².